The summed E-state index contributed by atoms with van der Waals surface area (Å²) in [6.07, 6.45) is 7.00. The number of benzene rings is 2. The Hall–Kier alpha value is -1.27. The van der Waals surface area contributed by atoms with Crippen molar-refractivity contribution in [2.45, 2.75) is 31.1 Å². The van der Waals surface area contributed by atoms with Crippen molar-refractivity contribution in [1.29, 1.82) is 0 Å². The van der Waals surface area contributed by atoms with Crippen LogP contribution >= 0.6 is 11.6 Å². The summed E-state index contributed by atoms with van der Waals surface area (Å²) in [5, 5.41) is 2.82. The third-order valence-corrected chi connectivity index (χ3v) is 4.02. The summed E-state index contributed by atoms with van der Waals surface area (Å²) in [6.45, 7) is 0. The summed E-state index contributed by atoms with van der Waals surface area (Å²) < 4.78 is 0. The Morgan fingerprint density at radius 3 is 2.67 bits per heavy atom. The molecule has 1 aliphatic rings. The highest BCUT2D eigenvalue weighted by atomic mass is 35.5. The Morgan fingerprint density at radius 1 is 0.944 bits per heavy atom. The van der Waals surface area contributed by atoms with E-state index in [1.165, 1.54) is 34.8 Å². The Morgan fingerprint density at radius 2 is 1.78 bits per heavy atom. The van der Waals surface area contributed by atoms with Gasteiger partial charge in [-0.3, -0.25) is 0 Å². The molecule has 1 heteroatoms. The maximum absolute atomic E-state index is 6.31. The highest BCUT2D eigenvalue weighted by molar-refractivity contribution is 6.22. The molecule has 0 N–H and O–H groups in total. The molecule has 18 heavy (non-hydrogen) atoms. The maximum Gasteiger partial charge on any atom is 0.0521 e. The smallest absolute Gasteiger partial charge is 0.0521 e. The fraction of sp³-hybridized carbons (Fsp3) is 0.294. The number of rotatable bonds is 1. The molecule has 0 amide bonds. The van der Waals surface area contributed by atoms with Gasteiger partial charge >= 0.3 is 0 Å². The van der Waals surface area contributed by atoms with Crippen LogP contribution in [-0.2, 0) is 0 Å². The average molecular weight is 257 g/mol. The van der Waals surface area contributed by atoms with Gasteiger partial charge in [0.25, 0.3) is 0 Å². The summed E-state index contributed by atoms with van der Waals surface area (Å²) in [4.78, 5) is 0. The van der Waals surface area contributed by atoms with Crippen LogP contribution in [0.1, 0.15) is 31.2 Å². The predicted octanol–water partition coefficient (Wildman–Crippen LogP) is 5.40. The molecule has 1 unspecified atom stereocenters. The van der Waals surface area contributed by atoms with Crippen LogP contribution in [0.15, 0.2) is 48.5 Å². The topological polar surface area (TPSA) is 0 Å². The van der Waals surface area contributed by atoms with E-state index in [0.29, 0.717) is 0 Å². The lowest BCUT2D eigenvalue weighted by Crippen LogP contribution is -1.91. The minimum Gasteiger partial charge on any atom is -0.118 e. The monoisotopic (exact) mass is 256 g/mol. The third kappa shape index (κ3) is 2.44. The lowest BCUT2D eigenvalue weighted by Gasteiger charge is -2.08. The molecule has 0 radical (unpaired) electrons. The van der Waals surface area contributed by atoms with E-state index >= 15 is 0 Å². The molecule has 92 valence electrons. The van der Waals surface area contributed by atoms with E-state index in [1.54, 1.807) is 0 Å². The summed E-state index contributed by atoms with van der Waals surface area (Å²) in [5.41, 5.74) is 2.75. The van der Waals surface area contributed by atoms with E-state index in [9.17, 15) is 0 Å². The fourth-order valence-electron chi connectivity index (χ4n) is 2.67. The van der Waals surface area contributed by atoms with Gasteiger partial charge in [-0.1, -0.05) is 48.9 Å². The van der Waals surface area contributed by atoms with Crippen LogP contribution in [0.3, 0.4) is 0 Å². The highest BCUT2D eigenvalue weighted by Crippen LogP contribution is 2.29. The number of alkyl halides is 1. The first-order chi connectivity index (χ1) is 8.83. The Labute approximate surface area is 113 Å². The van der Waals surface area contributed by atoms with Crippen LogP contribution in [0.5, 0.6) is 0 Å². The first kappa shape index (κ1) is 11.8. The van der Waals surface area contributed by atoms with Gasteiger partial charge in [-0.05, 0) is 47.2 Å². The molecular formula is C17H17Cl. The highest BCUT2D eigenvalue weighted by Gasteiger charge is 2.11. The van der Waals surface area contributed by atoms with Gasteiger partial charge < -0.3 is 0 Å². The quantitative estimate of drug-likeness (QED) is 0.599. The average Bonchev–Trinajstić information content (AvgIpc) is 2.63. The lowest BCUT2D eigenvalue weighted by molar-refractivity contribution is 0.724. The van der Waals surface area contributed by atoms with Crippen molar-refractivity contribution in [3.63, 3.8) is 0 Å². The van der Waals surface area contributed by atoms with Crippen LogP contribution in [0, 0.1) is 0 Å². The van der Waals surface area contributed by atoms with E-state index < -0.39 is 0 Å². The Bertz CT molecular complexity index is 583. The van der Waals surface area contributed by atoms with Crippen LogP contribution in [0.25, 0.3) is 16.3 Å². The third-order valence-electron chi connectivity index (χ3n) is 3.68. The first-order valence-electron chi connectivity index (χ1n) is 6.67. The largest absolute Gasteiger partial charge is 0.118 e. The van der Waals surface area contributed by atoms with Crippen LogP contribution < -0.4 is 0 Å². The molecule has 0 fully saturated rings. The second kappa shape index (κ2) is 5.16. The summed E-state index contributed by atoms with van der Waals surface area (Å²) in [5.74, 6) is 0. The molecule has 1 aliphatic carbocycles. The second-order valence-corrected chi connectivity index (χ2v) is 5.58. The maximum atomic E-state index is 6.31. The van der Waals surface area contributed by atoms with E-state index in [2.05, 4.69) is 48.5 Å². The first-order valence-corrected chi connectivity index (χ1v) is 7.10. The zero-order valence-electron chi connectivity index (χ0n) is 10.4. The molecule has 0 nitrogen and oxygen atoms in total. The predicted molar refractivity (Wildman–Crippen MR) is 80.0 cm³/mol. The Kier molecular flexibility index (Phi) is 3.38. The van der Waals surface area contributed by atoms with E-state index in [-0.39, 0.29) is 5.38 Å². The van der Waals surface area contributed by atoms with E-state index in [1.807, 2.05) is 0 Å². The molecule has 0 aromatic heterocycles. The van der Waals surface area contributed by atoms with Crippen molar-refractivity contribution in [1.82, 2.24) is 0 Å². The molecule has 0 saturated carbocycles. The van der Waals surface area contributed by atoms with Crippen molar-refractivity contribution in [3.8, 4) is 0 Å². The normalized spacial score (nSPS) is 20.5. The van der Waals surface area contributed by atoms with E-state index in [0.717, 1.165) is 12.8 Å². The van der Waals surface area contributed by atoms with Crippen LogP contribution in [0.4, 0.5) is 0 Å². The lowest BCUT2D eigenvalue weighted by atomic mass is 9.98. The zero-order valence-corrected chi connectivity index (χ0v) is 11.2. The minimum atomic E-state index is 0.203. The van der Waals surface area contributed by atoms with Gasteiger partial charge in [-0.25, -0.2) is 0 Å². The second-order valence-electron chi connectivity index (χ2n) is 5.02. The van der Waals surface area contributed by atoms with Gasteiger partial charge in [0.15, 0.2) is 0 Å². The number of hydrogen-bond donors (Lipinski definition) is 0. The molecule has 0 aliphatic heterocycles. The summed E-state index contributed by atoms with van der Waals surface area (Å²) in [6, 6.07) is 15.2. The fourth-order valence-corrected chi connectivity index (χ4v) is 2.98. The van der Waals surface area contributed by atoms with Gasteiger partial charge in [0.2, 0.25) is 0 Å². The molecule has 0 heterocycles. The van der Waals surface area contributed by atoms with Gasteiger partial charge in [0.1, 0.15) is 0 Å². The molecule has 0 saturated heterocycles. The standard InChI is InChI=1S/C17H17Cl/c18-17-8-4-3-7-15(12-17)16-10-9-13-5-1-2-6-14(13)11-16/h1-2,5-6,9-12,17H,3-4,7-8H2. The van der Waals surface area contributed by atoms with Gasteiger partial charge in [0, 0.05) is 0 Å². The van der Waals surface area contributed by atoms with Gasteiger partial charge in [-0.15, -0.1) is 11.6 Å². The molecule has 2 aromatic carbocycles. The van der Waals surface area contributed by atoms with E-state index in [4.69, 9.17) is 11.6 Å². The summed E-state index contributed by atoms with van der Waals surface area (Å²) >= 11 is 6.31. The SMILES string of the molecule is ClC1C=C(c2ccc3ccccc3c2)CCCC1. The molecule has 3 rings (SSSR count). The summed E-state index contributed by atoms with van der Waals surface area (Å²) in [7, 11) is 0. The number of halogens is 1. The van der Waals surface area contributed by atoms with Crippen molar-refractivity contribution >= 4 is 27.9 Å². The number of allylic oxidation sites excluding steroid dienone is 2. The minimum absolute atomic E-state index is 0.203. The molecule has 0 spiro atoms. The molecule has 1 atom stereocenters. The van der Waals surface area contributed by atoms with Crippen molar-refractivity contribution in [2.75, 3.05) is 0 Å². The zero-order chi connectivity index (χ0) is 12.4. The molecular weight excluding hydrogens is 240 g/mol. The number of fused-ring (bicyclic) bond motifs is 1. The van der Waals surface area contributed by atoms with Crippen molar-refractivity contribution in [2.24, 2.45) is 0 Å². The molecule has 2 aromatic rings. The van der Waals surface area contributed by atoms with Crippen LogP contribution in [0.2, 0.25) is 0 Å². The molecule has 0 bridgehead atoms. The van der Waals surface area contributed by atoms with Crippen LogP contribution in [-0.4, -0.2) is 5.38 Å². The van der Waals surface area contributed by atoms with Gasteiger partial charge in [-0.2, -0.15) is 0 Å². The van der Waals surface area contributed by atoms with Crippen molar-refractivity contribution < 1.29 is 0 Å². The van der Waals surface area contributed by atoms with Crippen molar-refractivity contribution in [3.05, 3.63) is 54.1 Å². The number of hydrogen-bond acceptors (Lipinski definition) is 0. The Balaban J connectivity index is 2.03. The van der Waals surface area contributed by atoms with Gasteiger partial charge in [0.05, 0.1) is 5.38 Å².